The highest BCUT2D eigenvalue weighted by Crippen LogP contribution is 2.06. The Morgan fingerprint density at radius 3 is 2.67 bits per heavy atom. The zero-order chi connectivity index (χ0) is 13.7. The van der Waals surface area contributed by atoms with Crippen molar-refractivity contribution in [1.29, 1.82) is 0 Å². The van der Waals surface area contributed by atoms with Crippen LogP contribution < -0.4 is 5.56 Å². The molecule has 1 aromatic rings. The Morgan fingerprint density at radius 1 is 1.44 bits per heavy atom. The van der Waals surface area contributed by atoms with Crippen LogP contribution in [0.5, 0.6) is 5.88 Å². The maximum Gasteiger partial charge on any atom is 0.325 e. The predicted octanol–water partition coefficient (Wildman–Crippen LogP) is -0.284. The van der Waals surface area contributed by atoms with Crippen LogP contribution in [0.1, 0.15) is 17.3 Å². The number of amides is 1. The van der Waals surface area contributed by atoms with Gasteiger partial charge in [-0.15, -0.1) is 0 Å². The Bertz CT molecular complexity index is 508. The molecule has 7 heteroatoms. The number of H-pyrrole nitrogens is 1. The van der Waals surface area contributed by atoms with Gasteiger partial charge in [-0.2, -0.15) is 0 Å². The maximum atomic E-state index is 11.8. The van der Waals surface area contributed by atoms with Gasteiger partial charge in [-0.25, -0.2) is 0 Å². The minimum atomic E-state index is -0.595. The van der Waals surface area contributed by atoms with Crippen LogP contribution in [0, 0.1) is 0 Å². The standard InChI is InChI=1S/C11H14N2O5/c1-3-18-10(16)6-13(2)11(17)7-4-8(14)12-9(15)5-7/h4-5H,3,6H2,1-2H3,(H2,12,14,15). The molecule has 2 N–H and O–H groups in total. The van der Waals surface area contributed by atoms with E-state index in [-0.39, 0.29) is 18.7 Å². The summed E-state index contributed by atoms with van der Waals surface area (Å²) in [5, 5.41) is 9.17. The number of pyridine rings is 1. The molecule has 0 spiro atoms. The number of nitrogens with zero attached hydrogens (tertiary/aromatic N) is 1. The second-order valence-corrected chi connectivity index (χ2v) is 3.58. The van der Waals surface area contributed by atoms with Crippen molar-refractivity contribution in [3.63, 3.8) is 0 Å². The summed E-state index contributed by atoms with van der Waals surface area (Å²) in [6.07, 6.45) is 0. The van der Waals surface area contributed by atoms with Gasteiger partial charge in [-0.3, -0.25) is 19.4 Å². The van der Waals surface area contributed by atoms with E-state index < -0.39 is 23.3 Å². The van der Waals surface area contributed by atoms with Crippen LogP contribution in [0.15, 0.2) is 16.9 Å². The van der Waals surface area contributed by atoms with Gasteiger partial charge in [0, 0.05) is 19.2 Å². The first-order chi connectivity index (χ1) is 8.43. The summed E-state index contributed by atoms with van der Waals surface area (Å²) in [4.78, 5) is 37.3. The largest absolute Gasteiger partial charge is 0.494 e. The molecule has 1 rings (SSSR count). The van der Waals surface area contributed by atoms with E-state index in [0.29, 0.717) is 0 Å². The van der Waals surface area contributed by atoms with Gasteiger partial charge in [0.2, 0.25) is 0 Å². The second kappa shape index (κ2) is 5.85. The van der Waals surface area contributed by atoms with E-state index in [1.807, 2.05) is 0 Å². The minimum absolute atomic E-state index is 0.00282. The monoisotopic (exact) mass is 254 g/mol. The van der Waals surface area contributed by atoms with E-state index in [0.717, 1.165) is 17.0 Å². The number of carbonyl (C=O) groups is 2. The quantitative estimate of drug-likeness (QED) is 0.719. The molecule has 18 heavy (non-hydrogen) atoms. The van der Waals surface area contributed by atoms with Gasteiger partial charge < -0.3 is 14.7 Å². The molecule has 0 fully saturated rings. The third kappa shape index (κ3) is 3.62. The van der Waals surface area contributed by atoms with E-state index in [2.05, 4.69) is 4.98 Å². The van der Waals surface area contributed by atoms with E-state index in [9.17, 15) is 19.5 Å². The first kappa shape index (κ1) is 13.8. The van der Waals surface area contributed by atoms with E-state index >= 15 is 0 Å². The van der Waals surface area contributed by atoms with Crippen LogP contribution in [0.4, 0.5) is 0 Å². The lowest BCUT2D eigenvalue weighted by atomic mass is 10.2. The molecule has 0 saturated heterocycles. The number of likely N-dealkylation sites (N-methyl/N-ethyl adjacent to an activating group) is 1. The Balaban J connectivity index is 2.80. The molecule has 0 aliphatic heterocycles. The normalized spacial score (nSPS) is 9.89. The van der Waals surface area contributed by atoms with Gasteiger partial charge in [0.25, 0.3) is 11.5 Å². The molecule has 1 aromatic heterocycles. The van der Waals surface area contributed by atoms with Gasteiger partial charge in [0.1, 0.15) is 6.54 Å². The molecule has 0 atom stereocenters. The number of carbonyl (C=O) groups excluding carboxylic acids is 2. The van der Waals surface area contributed by atoms with Crippen LogP contribution in [-0.4, -0.2) is 47.1 Å². The summed E-state index contributed by atoms with van der Waals surface area (Å²) < 4.78 is 4.70. The SMILES string of the molecule is CCOC(=O)CN(C)C(=O)c1cc(O)[nH]c(=O)c1. The number of aromatic hydroxyl groups is 1. The fourth-order valence-electron chi connectivity index (χ4n) is 1.34. The highest BCUT2D eigenvalue weighted by Gasteiger charge is 2.16. The molecule has 0 unspecified atom stereocenters. The van der Waals surface area contributed by atoms with Crippen molar-refractivity contribution in [3.05, 3.63) is 28.0 Å². The number of hydrogen-bond donors (Lipinski definition) is 2. The number of hydrogen-bond acceptors (Lipinski definition) is 5. The van der Waals surface area contributed by atoms with Crippen molar-refractivity contribution in [2.45, 2.75) is 6.92 Å². The lowest BCUT2D eigenvalue weighted by Crippen LogP contribution is -2.33. The van der Waals surface area contributed by atoms with Crippen LogP contribution >= 0.6 is 0 Å². The minimum Gasteiger partial charge on any atom is -0.494 e. The summed E-state index contributed by atoms with van der Waals surface area (Å²) in [7, 11) is 1.40. The van der Waals surface area contributed by atoms with Gasteiger partial charge in [0.05, 0.1) is 12.2 Å². The first-order valence-corrected chi connectivity index (χ1v) is 5.28. The van der Waals surface area contributed by atoms with E-state index in [1.165, 1.54) is 7.05 Å². The molecule has 0 aliphatic rings. The molecule has 0 aromatic carbocycles. The van der Waals surface area contributed by atoms with Crippen molar-refractivity contribution in [1.82, 2.24) is 9.88 Å². The topological polar surface area (TPSA) is 99.7 Å². The fraction of sp³-hybridized carbons (Fsp3) is 0.364. The van der Waals surface area contributed by atoms with Gasteiger partial charge >= 0.3 is 5.97 Å². The second-order valence-electron chi connectivity index (χ2n) is 3.58. The number of esters is 1. The molecule has 0 saturated carbocycles. The zero-order valence-corrected chi connectivity index (χ0v) is 10.1. The lowest BCUT2D eigenvalue weighted by Gasteiger charge is -2.15. The van der Waals surface area contributed by atoms with Crippen molar-refractivity contribution in [2.24, 2.45) is 0 Å². The third-order valence-corrected chi connectivity index (χ3v) is 2.10. The smallest absolute Gasteiger partial charge is 0.325 e. The number of aromatic amines is 1. The Kier molecular flexibility index (Phi) is 4.47. The summed E-state index contributed by atoms with van der Waals surface area (Å²) in [5.41, 5.74) is -0.592. The van der Waals surface area contributed by atoms with E-state index in [1.54, 1.807) is 6.92 Å². The van der Waals surface area contributed by atoms with Crippen molar-refractivity contribution < 1.29 is 19.4 Å². The summed E-state index contributed by atoms with van der Waals surface area (Å²) in [5.74, 6) is -1.50. The first-order valence-electron chi connectivity index (χ1n) is 5.28. The van der Waals surface area contributed by atoms with Gasteiger partial charge in [-0.1, -0.05) is 0 Å². The number of rotatable bonds is 4. The predicted molar refractivity (Wildman–Crippen MR) is 62.3 cm³/mol. The van der Waals surface area contributed by atoms with Crippen molar-refractivity contribution in [3.8, 4) is 5.88 Å². The Labute approximate surface area is 103 Å². The van der Waals surface area contributed by atoms with E-state index in [4.69, 9.17) is 4.74 Å². The highest BCUT2D eigenvalue weighted by molar-refractivity contribution is 5.95. The Morgan fingerprint density at radius 2 is 2.11 bits per heavy atom. The van der Waals surface area contributed by atoms with Crippen molar-refractivity contribution in [2.75, 3.05) is 20.2 Å². The van der Waals surface area contributed by atoms with Gasteiger partial charge in [0.15, 0.2) is 5.88 Å². The lowest BCUT2D eigenvalue weighted by molar-refractivity contribution is -0.143. The van der Waals surface area contributed by atoms with Crippen LogP contribution in [0.25, 0.3) is 0 Å². The van der Waals surface area contributed by atoms with Crippen LogP contribution in [-0.2, 0) is 9.53 Å². The third-order valence-electron chi connectivity index (χ3n) is 2.10. The molecular formula is C11H14N2O5. The average molecular weight is 254 g/mol. The maximum absolute atomic E-state index is 11.8. The molecule has 98 valence electrons. The van der Waals surface area contributed by atoms with Crippen molar-refractivity contribution >= 4 is 11.9 Å². The van der Waals surface area contributed by atoms with Crippen LogP contribution in [0.3, 0.4) is 0 Å². The molecule has 0 bridgehead atoms. The highest BCUT2D eigenvalue weighted by atomic mass is 16.5. The molecule has 1 heterocycles. The molecule has 0 aliphatic carbocycles. The summed E-state index contributed by atoms with van der Waals surface area (Å²) in [6, 6.07) is 2.16. The van der Waals surface area contributed by atoms with Gasteiger partial charge in [-0.05, 0) is 6.92 Å². The summed E-state index contributed by atoms with van der Waals surface area (Å²) >= 11 is 0. The zero-order valence-electron chi connectivity index (χ0n) is 10.1. The fourth-order valence-corrected chi connectivity index (χ4v) is 1.34. The average Bonchev–Trinajstić information content (AvgIpc) is 2.26. The number of nitrogens with one attached hydrogen (secondary N) is 1. The number of aromatic nitrogens is 1. The molecule has 1 amide bonds. The molecular weight excluding hydrogens is 240 g/mol. The van der Waals surface area contributed by atoms with Crippen LogP contribution in [0.2, 0.25) is 0 Å². The number of ether oxygens (including phenoxy) is 1. The Hall–Kier alpha value is -2.31. The molecule has 7 nitrogen and oxygen atoms in total. The summed E-state index contributed by atoms with van der Waals surface area (Å²) in [6.45, 7) is 1.67. The molecule has 0 radical (unpaired) electrons.